The standard InChI is InChI=1S/C15H22BrClN2/c1-3-19-8-6-12(7-9-19)11(2)18-15-10-13(16)4-5-14(15)17/h4-5,10-12,18H,3,6-9H2,1-2H3. The zero-order valence-electron chi connectivity index (χ0n) is 11.6. The summed E-state index contributed by atoms with van der Waals surface area (Å²) in [5.74, 6) is 0.734. The normalized spacial score (nSPS) is 19.4. The third-order valence-corrected chi connectivity index (χ3v) is 4.92. The lowest BCUT2D eigenvalue weighted by atomic mass is 9.90. The van der Waals surface area contributed by atoms with Crippen LogP contribution in [0.2, 0.25) is 5.02 Å². The molecule has 0 aliphatic carbocycles. The molecule has 1 N–H and O–H groups in total. The van der Waals surface area contributed by atoms with Crippen molar-refractivity contribution >= 4 is 33.2 Å². The molecule has 1 aliphatic heterocycles. The van der Waals surface area contributed by atoms with Gasteiger partial charge in [0.25, 0.3) is 0 Å². The van der Waals surface area contributed by atoms with E-state index < -0.39 is 0 Å². The van der Waals surface area contributed by atoms with Crippen LogP contribution in [0.4, 0.5) is 5.69 Å². The van der Waals surface area contributed by atoms with Gasteiger partial charge >= 0.3 is 0 Å². The lowest BCUT2D eigenvalue weighted by molar-refractivity contribution is 0.183. The minimum absolute atomic E-state index is 0.464. The van der Waals surface area contributed by atoms with Crippen LogP contribution in [0.1, 0.15) is 26.7 Å². The third kappa shape index (κ3) is 4.11. The number of piperidine rings is 1. The highest BCUT2D eigenvalue weighted by atomic mass is 79.9. The molecule has 0 spiro atoms. The van der Waals surface area contributed by atoms with Gasteiger partial charge in [0.1, 0.15) is 0 Å². The molecule has 4 heteroatoms. The number of anilines is 1. The number of nitrogens with zero attached hydrogens (tertiary/aromatic N) is 1. The first-order valence-corrected chi connectivity index (χ1v) is 8.21. The van der Waals surface area contributed by atoms with E-state index in [1.807, 2.05) is 12.1 Å². The van der Waals surface area contributed by atoms with Crippen molar-refractivity contribution in [2.75, 3.05) is 25.0 Å². The van der Waals surface area contributed by atoms with Gasteiger partial charge < -0.3 is 10.2 Å². The fourth-order valence-electron chi connectivity index (χ4n) is 2.74. The van der Waals surface area contributed by atoms with Crippen molar-refractivity contribution in [1.82, 2.24) is 4.90 Å². The highest BCUT2D eigenvalue weighted by molar-refractivity contribution is 9.10. The van der Waals surface area contributed by atoms with Crippen LogP contribution in [0, 0.1) is 5.92 Å². The highest BCUT2D eigenvalue weighted by Gasteiger charge is 2.23. The molecule has 0 radical (unpaired) electrons. The lowest BCUT2D eigenvalue weighted by Gasteiger charge is -2.35. The first kappa shape index (κ1) is 15.1. The Kier molecular flexibility index (Phi) is 5.55. The van der Waals surface area contributed by atoms with E-state index in [-0.39, 0.29) is 0 Å². The SMILES string of the molecule is CCN1CCC(C(C)Nc2cc(Br)ccc2Cl)CC1. The van der Waals surface area contributed by atoms with Crippen LogP contribution >= 0.6 is 27.5 Å². The summed E-state index contributed by atoms with van der Waals surface area (Å²) in [6.45, 7) is 8.12. The predicted octanol–water partition coefficient (Wildman–Crippen LogP) is 4.63. The molecule has 1 aromatic rings. The van der Waals surface area contributed by atoms with Crippen molar-refractivity contribution in [2.45, 2.75) is 32.7 Å². The Bertz CT molecular complexity index is 417. The van der Waals surface area contributed by atoms with Gasteiger partial charge in [0, 0.05) is 10.5 Å². The summed E-state index contributed by atoms with van der Waals surface area (Å²) >= 11 is 9.73. The van der Waals surface area contributed by atoms with Crippen LogP contribution in [-0.4, -0.2) is 30.6 Å². The molecule has 1 aliphatic rings. The summed E-state index contributed by atoms with van der Waals surface area (Å²) in [7, 11) is 0. The van der Waals surface area contributed by atoms with E-state index in [0.717, 1.165) is 21.1 Å². The van der Waals surface area contributed by atoms with Crippen LogP contribution in [0.5, 0.6) is 0 Å². The molecular formula is C15H22BrClN2. The molecular weight excluding hydrogens is 324 g/mol. The van der Waals surface area contributed by atoms with E-state index in [9.17, 15) is 0 Å². The Hall–Kier alpha value is -0.250. The third-order valence-electron chi connectivity index (χ3n) is 4.10. The molecule has 0 amide bonds. The maximum absolute atomic E-state index is 6.23. The molecule has 2 nitrogen and oxygen atoms in total. The summed E-state index contributed by atoms with van der Waals surface area (Å²) in [6.07, 6.45) is 2.54. The second kappa shape index (κ2) is 6.96. The molecule has 1 atom stereocenters. The summed E-state index contributed by atoms with van der Waals surface area (Å²) < 4.78 is 1.06. The van der Waals surface area contributed by atoms with E-state index in [1.165, 1.54) is 32.5 Å². The van der Waals surface area contributed by atoms with E-state index in [2.05, 4.69) is 46.1 Å². The van der Waals surface area contributed by atoms with Crippen molar-refractivity contribution in [2.24, 2.45) is 5.92 Å². The lowest BCUT2D eigenvalue weighted by Crippen LogP contribution is -2.39. The Morgan fingerprint density at radius 1 is 1.42 bits per heavy atom. The molecule has 0 aromatic heterocycles. The maximum Gasteiger partial charge on any atom is 0.0638 e. The van der Waals surface area contributed by atoms with Gasteiger partial charge in [0.15, 0.2) is 0 Å². The molecule has 0 bridgehead atoms. The topological polar surface area (TPSA) is 15.3 Å². The zero-order valence-corrected chi connectivity index (χ0v) is 14.0. The largest absolute Gasteiger partial charge is 0.381 e. The van der Waals surface area contributed by atoms with Gasteiger partial charge in [0.05, 0.1) is 10.7 Å². The molecule has 1 fully saturated rings. The Balaban J connectivity index is 1.94. The number of hydrogen-bond donors (Lipinski definition) is 1. The van der Waals surface area contributed by atoms with Crippen LogP contribution < -0.4 is 5.32 Å². The Morgan fingerprint density at radius 2 is 2.11 bits per heavy atom. The fourth-order valence-corrected chi connectivity index (χ4v) is 3.27. The number of hydrogen-bond acceptors (Lipinski definition) is 2. The van der Waals surface area contributed by atoms with Crippen LogP contribution in [0.3, 0.4) is 0 Å². The molecule has 1 heterocycles. The van der Waals surface area contributed by atoms with Gasteiger partial charge in [-0.2, -0.15) is 0 Å². The fraction of sp³-hybridized carbons (Fsp3) is 0.600. The van der Waals surface area contributed by atoms with Gasteiger partial charge in [-0.1, -0.05) is 34.5 Å². The minimum Gasteiger partial charge on any atom is -0.381 e. The van der Waals surface area contributed by atoms with E-state index >= 15 is 0 Å². The molecule has 1 unspecified atom stereocenters. The summed E-state index contributed by atoms with van der Waals surface area (Å²) in [4.78, 5) is 2.52. The van der Waals surface area contributed by atoms with Gasteiger partial charge in [-0.05, 0) is 63.5 Å². The van der Waals surface area contributed by atoms with Crippen LogP contribution in [-0.2, 0) is 0 Å². The number of halogens is 2. The second-order valence-electron chi connectivity index (χ2n) is 5.33. The van der Waals surface area contributed by atoms with Gasteiger partial charge in [-0.25, -0.2) is 0 Å². The number of benzene rings is 1. The van der Waals surface area contributed by atoms with Crippen LogP contribution in [0.25, 0.3) is 0 Å². The molecule has 2 rings (SSSR count). The second-order valence-corrected chi connectivity index (χ2v) is 6.65. The number of rotatable bonds is 4. The molecule has 19 heavy (non-hydrogen) atoms. The predicted molar refractivity (Wildman–Crippen MR) is 87.1 cm³/mol. The van der Waals surface area contributed by atoms with Crippen molar-refractivity contribution in [1.29, 1.82) is 0 Å². The van der Waals surface area contributed by atoms with Crippen molar-refractivity contribution in [3.63, 3.8) is 0 Å². The summed E-state index contributed by atoms with van der Waals surface area (Å²) in [6, 6.07) is 6.42. The van der Waals surface area contributed by atoms with Gasteiger partial charge in [-0.15, -0.1) is 0 Å². The first-order chi connectivity index (χ1) is 9.10. The van der Waals surface area contributed by atoms with Crippen molar-refractivity contribution in [3.05, 3.63) is 27.7 Å². The minimum atomic E-state index is 0.464. The quantitative estimate of drug-likeness (QED) is 0.855. The molecule has 0 saturated carbocycles. The maximum atomic E-state index is 6.23. The van der Waals surface area contributed by atoms with Gasteiger partial charge in [-0.3, -0.25) is 0 Å². The monoisotopic (exact) mass is 344 g/mol. The average Bonchev–Trinajstić information content (AvgIpc) is 2.43. The Morgan fingerprint density at radius 3 is 2.74 bits per heavy atom. The zero-order chi connectivity index (χ0) is 13.8. The van der Waals surface area contributed by atoms with Gasteiger partial charge in [0.2, 0.25) is 0 Å². The first-order valence-electron chi connectivity index (χ1n) is 7.04. The highest BCUT2D eigenvalue weighted by Crippen LogP contribution is 2.29. The molecule has 106 valence electrons. The summed E-state index contributed by atoms with van der Waals surface area (Å²) in [5, 5.41) is 4.37. The van der Waals surface area contributed by atoms with E-state index in [0.29, 0.717) is 6.04 Å². The van der Waals surface area contributed by atoms with E-state index in [4.69, 9.17) is 11.6 Å². The summed E-state index contributed by atoms with van der Waals surface area (Å²) in [5.41, 5.74) is 1.03. The molecule has 1 saturated heterocycles. The van der Waals surface area contributed by atoms with E-state index in [1.54, 1.807) is 0 Å². The molecule has 1 aromatic carbocycles. The van der Waals surface area contributed by atoms with Crippen molar-refractivity contribution < 1.29 is 0 Å². The van der Waals surface area contributed by atoms with Crippen LogP contribution in [0.15, 0.2) is 22.7 Å². The number of nitrogens with one attached hydrogen (secondary N) is 1. The average molecular weight is 346 g/mol. The number of likely N-dealkylation sites (tertiary alicyclic amines) is 1. The smallest absolute Gasteiger partial charge is 0.0638 e. The Labute approximate surface area is 129 Å². The van der Waals surface area contributed by atoms with Crippen molar-refractivity contribution in [3.8, 4) is 0 Å².